The first-order valence-electron chi connectivity index (χ1n) is 4.81. The molecule has 1 aromatic carbocycles. The number of anilines is 3. The van der Waals surface area contributed by atoms with Gasteiger partial charge in [0.1, 0.15) is 0 Å². The number of aromatic amines is 1. The van der Waals surface area contributed by atoms with Gasteiger partial charge in [0, 0.05) is 5.69 Å². The maximum absolute atomic E-state index is 5.70. The molecule has 7 heteroatoms. The van der Waals surface area contributed by atoms with Crippen LogP contribution in [-0.2, 0) is 0 Å². The monoisotopic (exact) mass is 219 g/mol. The summed E-state index contributed by atoms with van der Waals surface area (Å²) in [5.74, 6) is 0.593. The maximum Gasteiger partial charge on any atom is 0.196 e. The molecule has 0 spiro atoms. The fourth-order valence-electron chi connectivity index (χ4n) is 1.33. The second-order valence-electron chi connectivity index (χ2n) is 3.48. The van der Waals surface area contributed by atoms with Gasteiger partial charge in [-0.1, -0.05) is 5.21 Å². The van der Waals surface area contributed by atoms with Gasteiger partial charge in [0.05, 0.1) is 17.4 Å². The number of H-pyrrole nitrogens is 1. The van der Waals surface area contributed by atoms with Crippen LogP contribution < -0.4 is 16.8 Å². The van der Waals surface area contributed by atoms with Crippen molar-refractivity contribution >= 4 is 17.1 Å². The van der Waals surface area contributed by atoms with E-state index in [0.29, 0.717) is 17.2 Å². The molecule has 84 valence electrons. The molecule has 2 aromatic rings. The number of nitrogens with one attached hydrogen (secondary N) is 2. The molecule has 1 unspecified atom stereocenters. The quantitative estimate of drug-likeness (QED) is 0.559. The molecule has 0 fully saturated rings. The molecule has 0 aliphatic rings. The summed E-state index contributed by atoms with van der Waals surface area (Å²) in [6, 6.07) is 5.32. The highest BCUT2D eigenvalue weighted by Gasteiger charge is 2.09. The van der Waals surface area contributed by atoms with Crippen molar-refractivity contribution in [3.8, 4) is 0 Å². The fourth-order valence-corrected chi connectivity index (χ4v) is 1.33. The van der Waals surface area contributed by atoms with Gasteiger partial charge in [0.25, 0.3) is 0 Å². The van der Waals surface area contributed by atoms with Crippen LogP contribution in [0.25, 0.3) is 0 Å². The number of nitrogen functional groups attached to an aromatic ring is 2. The van der Waals surface area contributed by atoms with Gasteiger partial charge in [-0.15, -0.1) is 10.2 Å². The highest BCUT2D eigenvalue weighted by atomic mass is 15.5. The number of nitrogens with zero attached hydrogens (tertiary/aromatic N) is 3. The van der Waals surface area contributed by atoms with E-state index in [1.54, 1.807) is 12.1 Å². The summed E-state index contributed by atoms with van der Waals surface area (Å²) >= 11 is 0. The van der Waals surface area contributed by atoms with E-state index >= 15 is 0 Å². The number of aromatic nitrogens is 4. The van der Waals surface area contributed by atoms with E-state index in [4.69, 9.17) is 11.5 Å². The molecular formula is C9H13N7. The molecule has 16 heavy (non-hydrogen) atoms. The van der Waals surface area contributed by atoms with Crippen LogP contribution in [0.4, 0.5) is 17.1 Å². The standard InChI is InChI=1S/C9H13N7/c1-5(9-13-15-16-14-9)12-6-2-3-7(10)8(11)4-6/h2-5,12H,10-11H2,1H3,(H,13,14,15,16). The van der Waals surface area contributed by atoms with Crippen LogP contribution in [0.3, 0.4) is 0 Å². The van der Waals surface area contributed by atoms with Gasteiger partial charge in [-0.05, 0) is 25.1 Å². The van der Waals surface area contributed by atoms with Crippen LogP contribution in [0.2, 0.25) is 0 Å². The van der Waals surface area contributed by atoms with E-state index in [1.165, 1.54) is 0 Å². The Hall–Kier alpha value is -2.31. The Labute approximate surface area is 92.2 Å². The van der Waals surface area contributed by atoms with E-state index in [-0.39, 0.29) is 6.04 Å². The molecule has 0 saturated carbocycles. The number of nitrogens with two attached hydrogens (primary N) is 2. The van der Waals surface area contributed by atoms with E-state index in [2.05, 4.69) is 25.9 Å². The van der Waals surface area contributed by atoms with Crippen molar-refractivity contribution in [1.29, 1.82) is 0 Å². The van der Waals surface area contributed by atoms with Crippen LogP contribution in [0.5, 0.6) is 0 Å². The Morgan fingerprint density at radius 3 is 2.75 bits per heavy atom. The Morgan fingerprint density at radius 1 is 1.31 bits per heavy atom. The predicted octanol–water partition coefficient (Wildman–Crippen LogP) is 0.537. The van der Waals surface area contributed by atoms with Gasteiger partial charge in [-0.2, -0.15) is 5.21 Å². The SMILES string of the molecule is CC(Nc1ccc(N)c(N)c1)c1nn[nH]n1. The lowest BCUT2D eigenvalue weighted by Gasteiger charge is -2.12. The van der Waals surface area contributed by atoms with Crippen molar-refractivity contribution < 1.29 is 0 Å². The van der Waals surface area contributed by atoms with Crippen molar-refractivity contribution in [2.45, 2.75) is 13.0 Å². The highest BCUT2D eigenvalue weighted by molar-refractivity contribution is 5.69. The number of tetrazole rings is 1. The van der Waals surface area contributed by atoms with Crippen molar-refractivity contribution in [2.24, 2.45) is 0 Å². The molecule has 0 bridgehead atoms. The van der Waals surface area contributed by atoms with Crippen molar-refractivity contribution in [3.63, 3.8) is 0 Å². The minimum absolute atomic E-state index is 0.0539. The molecule has 2 rings (SSSR count). The number of benzene rings is 1. The zero-order chi connectivity index (χ0) is 11.5. The van der Waals surface area contributed by atoms with Crippen molar-refractivity contribution in [2.75, 3.05) is 16.8 Å². The largest absolute Gasteiger partial charge is 0.397 e. The second-order valence-corrected chi connectivity index (χ2v) is 3.48. The molecule has 0 aliphatic carbocycles. The van der Waals surface area contributed by atoms with E-state index in [0.717, 1.165) is 5.69 Å². The van der Waals surface area contributed by atoms with Gasteiger partial charge in [0.2, 0.25) is 0 Å². The van der Waals surface area contributed by atoms with Gasteiger partial charge < -0.3 is 16.8 Å². The lowest BCUT2D eigenvalue weighted by Crippen LogP contribution is -2.09. The van der Waals surface area contributed by atoms with Crippen molar-refractivity contribution in [1.82, 2.24) is 20.6 Å². The minimum atomic E-state index is -0.0539. The lowest BCUT2D eigenvalue weighted by atomic mass is 10.2. The molecule has 1 atom stereocenters. The molecule has 0 saturated heterocycles. The smallest absolute Gasteiger partial charge is 0.196 e. The van der Waals surface area contributed by atoms with Crippen LogP contribution in [0.15, 0.2) is 18.2 Å². The zero-order valence-electron chi connectivity index (χ0n) is 8.81. The molecule has 0 aliphatic heterocycles. The number of hydrogen-bond donors (Lipinski definition) is 4. The van der Waals surface area contributed by atoms with Crippen LogP contribution in [-0.4, -0.2) is 20.6 Å². The molecule has 0 radical (unpaired) electrons. The topological polar surface area (TPSA) is 119 Å². The lowest BCUT2D eigenvalue weighted by molar-refractivity contribution is 0.794. The Kier molecular flexibility index (Phi) is 2.59. The Bertz CT molecular complexity index is 465. The van der Waals surface area contributed by atoms with E-state index in [9.17, 15) is 0 Å². The van der Waals surface area contributed by atoms with Crippen LogP contribution >= 0.6 is 0 Å². The van der Waals surface area contributed by atoms with Crippen molar-refractivity contribution in [3.05, 3.63) is 24.0 Å². The third kappa shape index (κ3) is 2.02. The predicted molar refractivity (Wildman–Crippen MR) is 61.5 cm³/mol. The normalized spacial score (nSPS) is 12.3. The van der Waals surface area contributed by atoms with Gasteiger partial charge in [-0.3, -0.25) is 0 Å². The van der Waals surface area contributed by atoms with Gasteiger partial charge in [0.15, 0.2) is 5.82 Å². The van der Waals surface area contributed by atoms with Crippen LogP contribution in [0, 0.1) is 0 Å². The third-order valence-electron chi connectivity index (χ3n) is 2.22. The summed E-state index contributed by atoms with van der Waals surface area (Å²) in [5, 5.41) is 16.9. The Balaban J connectivity index is 2.12. The number of hydrogen-bond acceptors (Lipinski definition) is 6. The average molecular weight is 219 g/mol. The molecule has 1 aromatic heterocycles. The molecule has 7 nitrogen and oxygen atoms in total. The molecule has 6 N–H and O–H groups in total. The highest BCUT2D eigenvalue weighted by Crippen LogP contribution is 2.22. The maximum atomic E-state index is 5.70. The van der Waals surface area contributed by atoms with Gasteiger partial charge in [-0.25, -0.2) is 0 Å². The first-order chi connectivity index (χ1) is 7.66. The minimum Gasteiger partial charge on any atom is -0.397 e. The summed E-state index contributed by atoms with van der Waals surface area (Å²) in [4.78, 5) is 0. The summed E-state index contributed by atoms with van der Waals surface area (Å²) in [5.41, 5.74) is 13.3. The average Bonchev–Trinajstić information content (AvgIpc) is 2.77. The Morgan fingerprint density at radius 2 is 2.12 bits per heavy atom. The zero-order valence-corrected chi connectivity index (χ0v) is 8.81. The van der Waals surface area contributed by atoms with E-state index < -0.39 is 0 Å². The first kappa shape index (κ1) is 10.2. The van der Waals surface area contributed by atoms with Gasteiger partial charge >= 0.3 is 0 Å². The summed E-state index contributed by atoms with van der Waals surface area (Å²) < 4.78 is 0. The fraction of sp³-hybridized carbons (Fsp3) is 0.222. The molecule has 1 heterocycles. The number of rotatable bonds is 3. The van der Waals surface area contributed by atoms with E-state index in [1.807, 2.05) is 13.0 Å². The summed E-state index contributed by atoms with van der Waals surface area (Å²) in [7, 11) is 0. The van der Waals surface area contributed by atoms with Crippen LogP contribution in [0.1, 0.15) is 18.8 Å². The molecule has 0 amide bonds. The molecular weight excluding hydrogens is 206 g/mol. The summed E-state index contributed by atoms with van der Waals surface area (Å²) in [6.07, 6.45) is 0. The summed E-state index contributed by atoms with van der Waals surface area (Å²) in [6.45, 7) is 1.93. The first-order valence-corrected chi connectivity index (χ1v) is 4.81. The third-order valence-corrected chi connectivity index (χ3v) is 2.22. The second kappa shape index (κ2) is 4.05.